The average Bonchev–Trinajstić information content (AvgIpc) is 3.00. The average molecular weight is 406 g/mol. The molecule has 1 heterocycles. The lowest BCUT2D eigenvalue weighted by Crippen LogP contribution is -2.30. The molecule has 1 aromatic heterocycles. The molecule has 0 saturated carbocycles. The van der Waals surface area contributed by atoms with Gasteiger partial charge in [0.2, 0.25) is 0 Å². The zero-order valence-corrected chi connectivity index (χ0v) is 16.2. The van der Waals surface area contributed by atoms with Gasteiger partial charge >= 0.3 is 5.97 Å². The molecule has 140 valence electrons. The van der Waals surface area contributed by atoms with Crippen LogP contribution in [0, 0.1) is 6.92 Å². The predicted octanol–water partition coefficient (Wildman–Crippen LogP) is 5.16. The van der Waals surface area contributed by atoms with Crippen molar-refractivity contribution in [3.05, 3.63) is 63.8 Å². The minimum absolute atomic E-state index is 0.00556. The highest BCUT2D eigenvalue weighted by Gasteiger charge is 2.20. The van der Waals surface area contributed by atoms with Gasteiger partial charge in [0.05, 0.1) is 28.4 Å². The van der Waals surface area contributed by atoms with Crippen LogP contribution in [-0.4, -0.2) is 18.0 Å². The molecule has 27 heavy (non-hydrogen) atoms. The van der Waals surface area contributed by atoms with E-state index in [1.807, 2.05) is 25.1 Å². The van der Waals surface area contributed by atoms with Crippen LogP contribution in [0.25, 0.3) is 11.0 Å². The Morgan fingerprint density at radius 3 is 2.78 bits per heavy atom. The van der Waals surface area contributed by atoms with E-state index in [4.69, 9.17) is 32.4 Å². The largest absolute Gasteiger partial charge is 0.464 e. The maximum Gasteiger partial charge on any atom is 0.311 e. The van der Waals surface area contributed by atoms with E-state index in [2.05, 4.69) is 5.32 Å². The van der Waals surface area contributed by atoms with Gasteiger partial charge in [-0.05, 0) is 37.6 Å². The number of hydrogen-bond donors (Lipinski definition) is 1. The predicted molar refractivity (Wildman–Crippen MR) is 105 cm³/mol. The zero-order valence-electron chi connectivity index (χ0n) is 14.7. The summed E-state index contributed by atoms with van der Waals surface area (Å²) in [6.45, 7) is 3.45. The summed E-state index contributed by atoms with van der Waals surface area (Å²) < 4.78 is 10.7. The van der Waals surface area contributed by atoms with Gasteiger partial charge < -0.3 is 14.5 Å². The van der Waals surface area contributed by atoms with E-state index < -0.39 is 18.0 Å². The van der Waals surface area contributed by atoms with Crippen LogP contribution in [0.3, 0.4) is 0 Å². The van der Waals surface area contributed by atoms with E-state index in [1.54, 1.807) is 18.2 Å². The number of halogens is 2. The molecule has 0 aliphatic carbocycles. The normalized spacial score (nSPS) is 12.0. The first-order chi connectivity index (χ1) is 12.8. The molecule has 0 fully saturated rings. The summed E-state index contributed by atoms with van der Waals surface area (Å²) >= 11 is 12.0. The van der Waals surface area contributed by atoms with Crippen molar-refractivity contribution in [1.29, 1.82) is 0 Å². The first-order valence-electron chi connectivity index (χ1n) is 8.26. The second-order valence-corrected chi connectivity index (χ2v) is 6.95. The Labute approximate surface area is 166 Å². The van der Waals surface area contributed by atoms with E-state index in [0.29, 0.717) is 21.9 Å². The Morgan fingerprint density at radius 1 is 1.22 bits per heavy atom. The van der Waals surface area contributed by atoms with Gasteiger partial charge in [-0.15, -0.1) is 0 Å². The fourth-order valence-electron chi connectivity index (χ4n) is 2.61. The van der Waals surface area contributed by atoms with Crippen molar-refractivity contribution >= 4 is 51.7 Å². The molecule has 0 aliphatic rings. The molecule has 3 rings (SSSR count). The van der Waals surface area contributed by atoms with Gasteiger partial charge in [-0.1, -0.05) is 41.4 Å². The number of amides is 1. The Morgan fingerprint density at radius 2 is 2.00 bits per heavy atom. The lowest BCUT2D eigenvalue weighted by molar-refractivity contribution is -0.152. The van der Waals surface area contributed by atoms with Gasteiger partial charge in [0, 0.05) is 10.9 Å². The zero-order chi connectivity index (χ0) is 19.6. The number of hydrogen-bond acceptors (Lipinski definition) is 4. The first kappa shape index (κ1) is 19.3. The van der Waals surface area contributed by atoms with E-state index >= 15 is 0 Å². The minimum Gasteiger partial charge on any atom is -0.464 e. The highest BCUT2D eigenvalue weighted by atomic mass is 35.5. The maximum absolute atomic E-state index is 12.3. The fourth-order valence-corrected chi connectivity index (χ4v) is 2.96. The summed E-state index contributed by atoms with van der Waals surface area (Å²) in [7, 11) is 0. The molecule has 3 aromatic rings. The molecule has 0 aliphatic heterocycles. The molecule has 5 nitrogen and oxygen atoms in total. The Hall–Kier alpha value is -2.50. The Balaban J connectivity index is 1.62. The van der Waals surface area contributed by atoms with Gasteiger partial charge in [-0.25, -0.2) is 0 Å². The monoisotopic (exact) mass is 405 g/mol. The molecule has 1 N–H and O–H groups in total. The van der Waals surface area contributed by atoms with Crippen LogP contribution in [0.2, 0.25) is 10.0 Å². The van der Waals surface area contributed by atoms with Crippen molar-refractivity contribution in [2.75, 3.05) is 5.32 Å². The molecule has 0 spiro atoms. The summed E-state index contributed by atoms with van der Waals surface area (Å²) in [4.78, 5) is 24.5. The van der Waals surface area contributed by atoms with Gasteiger partial charge in [0.25, 0.3) is 5.91 Å². The third kappa shape index (κ3) is 4.43. The number of carbonyl (C=O) groups is 2. The molecule has 0 bridgehead atoms. The third-order valence-corrected chi connectivity index (χ3v) is 4.85. The number of benzene rings is 2. The molecule has 1 amide bonds. The summed E-state index contributed by atoms with van der Waals surface area (Å²) in [6, 6.07) is 10.6. The van der Waals surface area contributed by atoms with Gasteiger partial charge in [-0.3, -0.25) is 9.59 Å². The molecular weight excluding hydrogens is 389 g/mol. The van der Waals surface area contributed by atoms with Crippen LogP contribution in [0.1, 0.15) is 18.1 Å². The number of aryl methyl sites for hydroxylation is 1. The minimum atomic E-state index is -0.993. The van der Waals surface area contributed by atoms with Crippen LogP contribution in [0.15, 0.2) is 47.1 Å². The summed E-state index contributed by atoms with van der Waals surface area (Å²) in [5, 5.41) is 4.00. The molecule has 0 saturated heterocycles. The van der Waals surface area contributed by atoms with Crippen LogP contribution in [0.4, 0.5) is 5.69 Å². The number of nitrogens with one attached hydrogen (secondary N) is 1. The summed E-state index contributed by atoms with van der Waals surface area (Å²) in [5.74, 6) is -1.03. The number of fused-ring (bicyclic) bond motifs is 1. The van der Waals surface area contributed by atoms with Crippen molar-refractivity contribution < 1.29 is 18.7 Å². The Bertz CT molecular complexity index is 1010. The van der Waals surface area contributed by atoms with Crippen molar-refractivity contribution in [3.8, 4) is 0 Å². The van der Waals surface area contributed by atoms with Crippen molar-refractivity contribution in [2.45, 2.75) is 26.4 Å². The van der Waals surface area contributed by atoms with E-state index in [1.165, 1.54) is 13.2 Å². The standard InChI is InChI=1S/C20H17Cl2NO4/c1-11-6-7-14-13(10-26-17(14)8-11)9-18(24)27-12(2)20(25)23-16-5-3-4-15(21)19(16)22/h3-8,10,12H,9H2,1-2H3,(H,23,25). The molecule has 7 heteroatoms. The summed E-state index contributed by atoms with van der Waals surface area (Å²) in [5.41, 5.74) is 2.84. The van der Waals surface area contributed by atoms with E-state index in [-0.39, 0.29) is 11.4 Å². The lowest BCUT2D eigenvalue weighted by atomic mass is 10.1. The second kappa shape index (κ2) is 8.03. The number of ether oxygens (including phenoxy) is 1. The SMILES string of the molecule is Cc1ccc2c(CC(=O)OC(C)C(=O)Nc3cccc(Cl)c3Cl)coc2c1. The lowest BCUT2D eigenvalue weighted by Gasteiger charge is -2.14. The van der Waals surface area contributed by atoms with Crippen LogP contribution in [0.5, 0.6) is 0 Å². The highest BCUT2D eigenvalue weighted by molar-refractivity contribution is 6.44. The molecule has 2 aromatic carbocycles. The van der Waals surface area contributed by atoms with Gasteiger partial charge in [0.15, 0.2) is 6.10 Å². The van der Waals surface area contributed by atoms with Crippen LogP contribution < -0.4 is 5.32 Å². The number of anilines is 1. The van der Waals surface area contributed by atoms with Crippen molar-refractivity contribution in [2.24, 2.45) is 0 Å². The summed E-state index contributed by atoms with van der Waals surface area (Å²) in [6.07, 6.45) is 0.543. The second-order valence-electron chi connectivity index (χ2n) is 6.16. The molecular formula is C20H17Cl2NO4. The van der Waals surface area contributed by atoms with E-state index in [9.17, 15) is 9.59 Å². The number of rotatable bonds is 5. The maximum atomic E-state index is 12.3. The third-order valence-electron chi connectivity index (χ3n) is 4.03. The topological polar surface area (TPSA) is 68.5 Å². The van der Waals surface area contributed by atoms with Crippen LogP contribution in [-0.2, 0) is 20.7 Å². The highest BCUT2D eigenvalue weighted by Crippen LogP contribution is 2.29. The quantitative estimate of drug-likeness (QED) is 0.595. The van der Waals surface area contributed by atoms with Crippen LogP contribution >= 0.6 is 23.2 Å². The van der Waals surface area contributed by atoms with Gasteiger partial charge in [-0.2, -0.15) is 0 Å². The number of furan rings is 1. The molecule has 1 unspecified atom stereocenters. The van der Waals surface area contributed by atoms with Gasteiger partial charge in [0.1, 0.15) is 5.58 Å². The van der Waals surface area contributed by atoms with E-state index in [0.717, 1.165) is 10.9 Å². The first-order valence-corrected chi connectivity index (χ1v) is 9.02. The van der Waals surface area contributed by atoms with Crippen molar-refractivity contribution in [3.63, 3.8) is 0 Å². The number of esters is 1. The Kier molecular flexibility index (Phi) is 5.73. The smallest absolute Gasteiger partial charge is 0.311 e. The van der Waals surface area contributed by atoms with Crippen molar-refractivity contribution in [1.82, 2.24) is 0 Å². The molecule has 1 atom stereocenters. The number of carbonyl (C=O) groups excluding carboxylic acids is 2. The fraction of sp³-hybridized carbons (Fsp3) is 0.200. The molecule has 0 radical (unpaired) electrons.